The van der Waals surface area contributed by atoms with Gasteiger partial charge in [0, 0.05) is 6.20 Å². The molecule has 1 aromatic rings. The molecule has 70 valence electrons. The third kappa shape index (κ3) is 4.82. The van der Waals surface area contributed by atoms with E-state index in [2.05, 4.69) is 4.98 Å². The summed E-state index contributed by atoms with van der Waals surface area (Å²) >= 11 is 0. The van der Waals surface area contributed by atoms with Crippen molar-refractivity contribution in [3.8, 4) is 0 Å². The van der Waals surface area contributed by atoms with Gasteiger partial charge in [0.05, 0.1) is 12.3 Å². The summed E-state index contributed by atoms with van der Waals surface area (Å²) in [5.74, 6) is 0. The summed E-state index contributed by atoms with van der Waals surface area (Å²) in [7, 11) is 0. The smallest absolute Gasteiger partial charge is 0.0852 e. The van der Waals surface area contributed by atoms with Crippen LogP contribution in [-0.4, -0.2) is 15.6 Å². The Morgan fingerprint density at radius 2 is 1.92 bits per heavy atom. The van der Waals surface area contributed by atoms with Crippen molar-refractivity contribution in [2.24, 2.45) is 0 Å². The lowest BCUT2D eigenvalue weighted by molar-refractivity contribution is 0.277. The highest BCUT2D eigenvalue weighted by Gasteiger charge is 1.87. The summed E-state index contributed by atoms with van der Waals surface area (Å²) in [5.41, 5.74) is 1.84. The lowest BCUT2D eigenvalue weighted by Crippen LogP contribution is -1.87. The molecule has 0 aliphatic heterocycles. The fourth-order valence-corrected chi connectivity index (χ4v) is 0.592. The maximum Gasteiger partial charge on any atom is 0.0852 e. The van der Waals surface area contributed by atoms with Crippen molar-refractivity contribution < 1.29 is 10.6 Å². The van der Waals surface area contributed by atoms with E-state index in [1.54, 1.807) is 6.20 Å². The van der Waals surface area contributed by atoms with Crippen LogP contribution in [0.25, 0.3) is 0 Å². The van der Waals surface area contributed by atoms with Gasteiger partial charge in [-0.15, -0.1) is 0 Å². The molecule has 0 aliphatic rings. The molecule has 0 bridgehead atoms. The van der Waals surface area contributed by atoms with Gasteiger partial charge in [-0.2, -0.15) is 0 Å². The number of nitrogens with zero attached hydrogens (tertiary/aromatic N) is 1. The van der Waals surface area contributed by atoms with E-state index < -0.39 is 0 Å². The Bertz CT molecular complexity index is 184. The van der Waals surface area contributed by atoms with E-state index >= 15 is 0 Å². The van der Waals surface area contributed by atoms with Crippen molar-refractivity contribution in [3.05, 3.63) is 29.6 Å². The average molecular weight is 171 g/mol. The second-order valence-corrected chi connectivity index (χ2v) is 1.99. The largest absolute Gasteiger partial charge is 0.412 e. The molecule has 3 heteroatoms. The van der Waals surface area contributed by atoms with Crippen LogP contribution in [0.4, 0.5) is 0 Å². The van der Waals surface area contributed by atoms with Crippen LogP contribution in [0.2, 0.25) is 0 Å². The first-order valence-corrected chi connectivity index (χ1v) is 3.85. The topological polar surface area (TPSA) is 64.6 Å². The molecule has 0 saturated heterocycles. The molecule has 12 heavy (non-hydrogen) atoms. The number of aliphatic hydroxyl groups excluding tert-OH is 1. The minimum Gasteiger partial charge on any atom is -0.412 e. The predicted octanol–water partition coefficient (Wildman–Crippen LogP) is 1.08. The molecule has 3 N–H and O–H groups in total. The van der Waals surface area contributed by atoms with Gasteiger partial charge in [-0.3, -0.25) is 4.98 Å². The zero-order chi connectivity index (χ0) is 8.69. The van der Waals surface area contributed by atoms with Crippen LogP contribution in [0.15, 0.2) is 18.3 Å². The minimum atomic E-state index is 0. The highest BCUT2D eigenvalue weighted by Crippen LogP contribution is 1.96. The molecular weight excluding hydrogens is 154 g/mol. The normalized spacial score (nSPS) is 7.67. The highest BCUT2D eigenvalue weighted by molar-refractivity contribution is 5.11. The maximum atomic E-state index is 8.57. The van der Waals surface area contributed by atoms with Gasteiger partial charge < -0.3 is 10.6 Å². The second-order valence-electron chi connectivity index (χ2n) is 1.99. The molecular formula is C9H17NO2. The van der Waals surface area contributed by atoms with Crippen molar-refractivity contribution in [2.75, 3.05) is 0 Å². The van der Waals surface area contributed by atoms with Gasteiger partial charge >= 0.3 is 0 Å². The third-order valence-electron chi connectivity index (χ3n) is 1.13. The van der Waals surface area contributed by atoms with E-state index in [0.717, 1.165) is 11.3 Å². The van der Waals surface area contributed by atoms with E-state index in [1.807, 2.05) is 32.9 Å². The first-order chi connectivity index (χ1) is 5.33. The Kier molecular flexibility index (Phi) is 9.29. The highest BCUT2D eigenvalue weighted by atomic mass is 16.3. The zero-order valence-corrected chi connectivity index (χ0v) is 7.83. The SMILES string of the molecule is CC.Cc1ccc(CO)nc1.O. The third-order valence-corrected chi connectivity index (χ3v) is 1.13. The zero-order valence-electron chi connectivity index (χ0n) is 7.83. The van der Waals surface area contributed by atoms with Gasteiger partial charge in [0.2, 0.25) is 0 Å². The second kappa shape index (κ2) is 8.17. The molecule has 0 aromatic carbocycles. The van der Waals surface area contributed by atoms with Crippen LogP contribution >= 0.6 is 0 Å². The van der Waals surface area contributed by atoms with Gasteiger partial charge in [-0.1, -0.05) is 19.9 Å². The van der Waals surface area contributed by atoms with Gasteiger partial charge in [0.1, 0.15) is 0 Å². The molecule has 0 unspecified atom stereocenters. The van der Waals surface area contributed by atoms with Gasteiger partial charge in [0.15, 0.2) is 0 Å². The molecule has 3 nitrogen and oxygen atoms in total. The number of hydrogen-bond donors (Lipinski definition) is 1. The van der Waals surface area contributed by atoms with E-state index in [0.29, 0.717) is 0 Å². The Labute approximate surface area is 73.4 Å². The molecule has 1 heterocycles. The van der Waals surface area contributed by atoms with Crippen LogP contribution in [0, 0.1) is 6.92 Å². The number of aryl methyl sites for hydroxylation is 1. The Balaban J connectivity index is 0. The fraction of sp³-hybridized carbons (Fsp3) is 0.444. The molecule has 0 atom stereocenters. The van der Waals surface area contributed by atoms with Crippen LogP contribution in [0.5, 0.6) is 0 Å². The van der Waals surface area contributed by atoms with Gasteiger partial charge in [0.25, 0.3) is 0 Å². The summed E-state index contributed by atoms with van der Waals surface area (Å²) in [6.07, 6.45) is 1.74. The predicted molar refractivity (Wildman–Crippen MR) is 49.9 cm³/mol. The van der Waals surface area contributed by atoms with E-state index in [1.165, 1.54) is 0 Å². The quantitative estimate of drug-likeness (QED) is 0.687. The van der Waals surface area contributed by atoms with Crippen molar-refractivity contribution in [3.63, 3.8) is 0 Å². The van der Waals surface area contributed by atoms with Crippen molar-refractivity contribution in [1.29, 1.82) is 0 Å². The number of pyridine rings is 1. The van der Waals surface area contributed by atoms with Crippen molar-refractivity contribution in [1.82, 2.24) is 4.98 Å². The molecule has 0 spiro atoms. The van der Waals surface area contributed by atoms with Gasteiger partial charge in [-0.05, 0) is 18.6 Å². The number of rotatable bonds is 1. The first kappa shape index (κ1) is 13.6. The lowest BCUT2D eigenvalue weighted by Gasteiger charge is -1.93. The molecule has 0 radical (unpaired) electrons. The van der Waals surface area contributed by atoms with Crippen LogP contribution in [0.3, 0.4) is 0 Å². The van der Waals surface area contributed by atoms with Gasteiger partial charge in [-0.25, -0.2) is 0 Å². The fourth-order valence-electron chi connectivity index (χ4n) is 0.592. The average Bonchev–Trinajstić information content (AvgIpc) is 2.10. The number of hydrogen-bond acceptors (Lipinski definition) is 2. The Hall–Kier alpha value is -0.930. The van der Waals surface area contributed by atoms with Crippen LogP contribution in [0.1, 0.15) is 25.1 Å². The molecule has 1 aromatic heterocycles. The van der Waals surface area contributed by atoms with Crippen molar-refractivity contribution >= 4 is 0 Å². The molecule has 1 rings (SSSR count). The van der Waals surface area contributed by atoms with E-state index in [-0.39, 0.29) is 12.1 Å². The van der Waals surface area contributed by atoms with Crippen molar-refractivity contribution in [2.45, 2.75) is 27.4 Å². The van der Waals surface area contributed by atoms with Crippen LogP contribution in [-0.2, 0) is 6.61 Å². The Morgan fingerprint density at radius 3 is 2.25 bits per heavy atom. The number of aliphatic hydroxyl groups is 1. The number of aromatic nitrogens is 1. The summed E-state index contributed by atoms with van der Waals surface area (Å²) in [6, 6.07) is 3.74. The van der Waals surface area contributed by atoms with E-state index in [4.69, 9.17) is 5.11 Å². The summed E-state index contributed by atoms with van der Waals surface area (Å²) in [5, 5.41) is 8.57. The maximum absolute atomic E-state index is 8.57. The van der Waals surface area contributed by atoms with Crippen LogP contribution < -0.4 is 0 Å². The molecule has 0 aliphatic carbocycles. The monoisotopic (exact) mass is 171 g/mol. The lowest BCUT2D eigenvalue weighted by atomic mass is 10.3. The first-order valence-electron chi connectivity index (χ1n) is 3.85. The molecule has 0 fully saturated rings. The molecule has 0 saturated carbocycles. The Morgan fingerprint density at radius 1 is 1.33 bits per heavy atom. The summed E-state index contributed by atoms with van der Waals surface area (Å²) in [6.45, 7) is 5.99. The summed E-state index contributed by atoms with van der Waals surface area (Å²) < 4.78 is 0. The molecule has 0 amide bonds. The minimum absolute atomic E-state index is 0. The van der Waals surface area contributed by atoms with E-state index in [9.17, 15) is 0 Å². The summed E-state index contributed by atoms with van der Waals surface area (Å²) in [4.78, 5) is 3.95. The standard InChI is InChI=1S/C7H9NO.C2H6.H2O/c1-6-2-3-7(5-9)8-4-6;1-2;/h2-4,9H,5H2,1H3;1-2H3;1H2.